The van der Waals surface area contributed by atoms with Crippen molar-refractivity contribution >= 4 is 5.91 Å². The van der Waals surface area contributed by atoms with Gasteiger partial charge in [-0.15, -0.1) is 0 Å². The lowest BCUT2D eigenvalue weighted by atomic mass is 9.84. The van der Waals surface area contributed by atoms with E-state index in [-0.39, 0.29) is 36.7 Å². The van der Waals surface area contributed by atoms with Crippen LogP contribution < -0.4 is 0 Å². The molecule has 1 rings (SSSR count). The maximum atomic E-state index is 13.1. The number of phenolic OH excluding ortho intramolecular Hbond substituents is 1. The maximum absolute atomic E-state index is 13.1. The highest BCUT2D eigenvalue weighted by Gasteiger charge is 2.43. The molecule has 0 radical (unpaired) electrons. The minimum Gasteiger partial charge on any atom is -0.507 e. The highest BCUT2D eigenvalue weighted by molar-refractivity contribution is 5.78. The molecule has 154 valence electrons. The molecule has 0 fully saturated rings. The number of aliphatic hydroxyl groups is 2. The van der Waals surface area contributed by atoms with E-state index >= 15 is 0 Å². The number of aryl methyl sites for hydroxylation is 1. The number of aliphatic hydroxyl groups excluding tert-OH is 2. The van der Waals surface area contributed by atoms with Gasteiger partial charge in [0.05, 0.1) is 18.8 Å². The van der Waals surface area contributed by atoms with E-state index in [1.165, 1.54) is 0 Å². The van der Waals surface area contributed by atoms with E-state index in [9.17, 15) is 20.1 Å². The monoisotopic (exact) mass is 379 g/mol. The molecule has 0 heterocycles. The van der Waals surface area contributed by atoms with Crippen molar-refractivity contribution in [3.63, 3.8) is 0 Å². The van der Waals surface area contributed by atoms with Gasteiger partial charge >= 0.3 is 0 Å². The minimum atomic E-state index is -0.995. The molecule has 0 aliphatic heterocycles. The molecule has 0 saturated carbocycles. The summed E-state index contributed by atoms with van der Waals surface area (Å²) in [5.74, 6) is 0.0965. The van der Waals surface area contributed by atoms with E-state index < -0.39 is 11.1 Å². The Balaban J connectivity index is 3.13. The van der Waals surface area contributed by atoms with Gasteiger partial charge in [0.2, 0.25) is 5.91 Å². The SMILES string of the molecule is CCC(CO)(CO)N(C(=O)CCc1cccc(C(C)(C)C)c1O)C(C)(C)C. The quantitative estimate of drug-likeness (QED) is 0.678. The molecule has 3 N–H and O–H groups in total. The average Bonchev–Trinajstić information content (AvgIpc) is 2.56. The number of para-hydroxylation sites is 1. The van der Waals surface area contributed by atoms with Crippen LogP contribution in [0.2, 0.25) is 0 Å². The van der Waals surface area contributed by atoms with E-state index in [4.69, 9.17) is 0 Å². The summed E-state index contributed by atoms with van der Waals surface area (Å²) in [5, 5.41) is 30.5. The first-order valence-electron chi connectivity index (χ1n) is 9.70. The summed E-state index contributed by atoms with van der Waals surface area (Å²) < 4.78 is 0. The molecule has 5 nitrogen and oxygen atoms in total. The second-order valence-corrected chi connectivity index (χ2v) is 9.36. The number of amides is 1. The molecule has 5 heteroatoms. The van der Waals surface area contributed by atoms with Gasteiger partial charge in [-0.05, 0) is 50.2 Å². The number of aromatic hydroxyl groups is 1. The molecular formula is C22H37NO4. The number of carbonyl (C=O) groups excluding carboxylic acids is 1. The summed E-state index contributed by atoms with van der Waals surface area (Å²) in [5.41, 5.74) is -0.140. The van der Waals surface area contributed by atoms with Crippen LogP contribution in [0.3, 0.4) is 0 Å². The summed E-state index contributed by atoms with van der Waals surface area (Å²) in [6.07, 6.45) is 1.05. The van der Waals surface area contributed by atoms with E-state index in [1.54, 1.807) is 4.90 Å². The number of phenols is 1. The Morgan fingerprint density at radius 2 is 1.59 bits per heavy atom. The van der Waals surface area contributed by atoms with Crippen molar-refractivity contribution in [3.05, 3.63) is 29.3 Å². The fourth-order valence-electron chi connectivity index (χ4n) is 3.67. The van der Waals surface area contributed by atoms with Gasteiger partial charge in [-0.1, -0.05) is 45.9 Å². The van der Waals surface area contributed by atoms with Crippen LogP contribution in [0.1, 0.15) is 72.4 Å². The van der Waals surface area contributed by atoms with Gasteiger partial charge in [0.1, 0.15) is 5.75 Å². The molecule has 0 saturated heterocycles. The molecule has 0 unspecified atom stereocenters. The van der Waals surface area contributed by atoms with Crippen molar-refractivity contribution in [2.75, 3.05) is 13.2 Å². The molecule has 0 atom stereocenters. The van der Waals surface area contributed by atoms with E-state index in [0.717, 1.165) is 11.1 Å². The van der Waals surface area contributed by atoms with E-state index in [2.05, 4.69) is 0 Å². The van der Waals surface area contributed by atoms with E-state index in [1.807, 2.05) is 66.7 Å². The van der Waals surface area contributed by atoms with Gasteiger partial charge in [-0.3, -0.25) is 4.79 Å². The number of rotatable bonds is 7. The molecule has 1 aromatic rings. The number of hydrogen-bond donors (Lipinski definition) is 3. The van der Waals surface area contributed by atoms with Crippen molar-refractivity contribution in [2.45, 2.75) is 84.2 Å². The predicted octanol–water partition coefficient (Wildman–Crippen LogP) is 3.38. The van der Waals surface area contributed by atoms with Crippen LogP contribution in [0.15, 0.2) is 18.2 Å². The molecule has 27 heavy (non-hydrogen) atoms. The van der Waals surface area contributed by atoms with E-state index in [0.29, 0.717) is 12.8 Å². The molecular weight excluding hydrogens is 342 g/mol. The Morgan fingerprint density at radius 1 is 1.04 bits per heavy atom. The number of benzene rings is 1. The molecule has 1 amide bonds. The summed E-state index contributed by atoms with van der Waals surface area (Å²) >= 11 is 0. The fraction of sp³-hybridized carbons (Fsp3) is 0.682. The summed E-state index contributed by atoms with van der Waals surface area (Å²) in [7, 11) is 0. The standard InChI is InChI=1S/C22H37NO4/c1-8-22(14-24,15-25)23(21(5,6)7)18(26)13-12-16-10-9-11-17(19(16)27)20(2,3)4/h9-11,24-25,27H,8,12-15H2,1-7H3. The second kappa shape index (κ2) is 8.61. The molecule has 0 aromatic heterocycles. The minimum absolute atomic E-state index is 0.145. The Hall–Kier alpha value is -1.59. The third kappa shape index (κ3) is 5.23. The van der Waals surface area contributed by atoms with Gasteiger partial charge < -0.3 is 20.2 Å². The molecule has 0 aliphatic carbocycles. The second-order valence-electron chi connectivity index (χ2n) is 9.36. The fourth-order valence-corrected chi connectivity index (χ4v) is 3.67. The molecule has 1 aromatic carbocycles. The van der Waals surface area contributed by atoms with Crippen molar-refractivity contribution < 1.29 is 20.1 Å². The lowest BCUT2D eigenvalue weighted by Gasteiger charge is -2.49. The number of hydrogen-bond acceptors (Lipinski definition) is 4. The predicted molar refractivity (Wildman–Crippen MR) is 109 cm³/mol. The first-order chi connectivity index (χ1) is 12.3. The maximum Gasteiger partial charge on any atom is 0.223 e. The topological polar surface area (TPSA) is 81.0 Å². The van der Waals surface area contributed by atoms with Gasteiger partial charge in [0, 0.05) is 12.0 Å². The Bertz CT molecular complexity index is 628. The third-order valence-electron chi connectivity index (χ3n) is 5.18. The molecule has 0 spiro atoms. The van der Waals surface area contributed by atoms with Gasteiger partial charge in [0.15, 0.2) is 0 Å². The Kier molecular flexibility index (Phi) is 7.48. The zero-order valence-electron chi connectivity index (χ0n) is 18.0. The molecule has 0 bridgehead atoms. The van der Waals surface area contributed by atoms with Crippen LogP contribution >= 0.6 is 0 Å². The summed E-state index contributed by atoms with van der Waals surface area (Å²) in [4.78, 5) is 14.7. The van der Waals surface area contributed by atoms with Crippen LogP contribution in [0, 0.1) is 0 Å². The zero-order chi connectivity index (χ0) is 21.0. The first-order valence-corrected chi connectivity index (χ1v) is 9.70. The Morgan fingerprint density at radius 3 is 2.00 bits per heavy atom. The third-order valence-corrected chi connectivity index (χ3v) is 5.18. The molecule has 0 aliphatic rings. The van der Waals surface area contributed by atoms with Crippen LogP contribution in [-0.4, -0.2) is 50.4 Å². The van der Waals surface area contributed by atoms with Crippen molar-refractivity contribution in [1.82, 2.24) is 4.90 Å². The van der Waals surface area contributed by atoms with Crippen LogP contribution in [0.4, 0.5) is 0 Å². The Labute approximate surface area is 164 Å². The van der Waals surface area contributed by atoms with Crippen LogP contribution in [0.5, 0.6) is 5.75 Å². The van der Waals surface area contributed by atoms with Gasteiger partial charge in [-0.25, -0.2) is 0 Å². The number of carbonyl (C=O) groups is 1. The van der Waals surface area contributed by atoms with Gasteiger partial charge in [0.25, 0.3) is 0 Å². The summed E-state index contributed by atoms with van der Waals surface area (Å²) in [6, 6.07) is 5.64. The lowest BCUT2D eigenvalue weighted by Crippen LogP contribution is -2.63. The largest absolute Gasteiger partial charge is 0.507 e. The first kappa shape index (κ1) is 23.4. The van der Waals surface area contributed by atoms with Gasteiger partial charge in [-0.2, -0.15) is 0 Å². The van der Waals surface area contributed by atoms with Crippen molar-refractivity contribution in [3.8, 4) is 5.75 Å². The van der Waals surface area contributed by atoms with Crippen LogP contribution in [-0.2, 0) is 16.6 Å². The highest BCUT2D eigenvalue weighted by Crippen LogP contribution is 2.34. The average molecular weight is 380 g/mol. The normalized spacial score (nSPS) is 12.9. The highest BCUT2D eigenvalue weighted by atomic mass is 16.3. The number of nitrogens with zero attached hydrogens (tertiary/aromatic N) is 1. The van der Waals surface area contributed by atoms with Crippen molar-refractivity contribution in [1.29, 1.82) is 0 Å². The van der Waals surface area contributed by atoms with Crippen LogP contribution in [0.25, 0.3) is 0 Å². The summed E-state index contributed by atoms with van der Waals surface area (Å²) in [6.45, 7) is 13.1. The smallest absolute Gasteiger partial charge is 0.223 e. The lowest BCUT2D eigenvalue weighted by molar-refractivity contribution is -0.152. The van der Waals surface area contributed by atoms with Crippen molar-refractivity contribution in [2.24, 2.45) is 0 Å². The zero-order valence-corrected chi connectivity index (χ0v) is 18.0.